The van der Waals surface area contributed by atoms with Gasteiger partial charge in [-0.15, -0.1) is 12.4 Å². The lowest BCUT2D eigenvalue weighted by Crippen LogP contribution is -2.34. The Morgan fingerprint density at radius 2 is 1.74 bits per heavy atom. The number of ether oxygens (including phenoxy) is 2. The minimum atomic E-state index is -0.824. The van der Waals surface area contributed by atoms with E-state index in [0.717, 1.165) is 16.5 Å². The fourth-order valence-electron chi connectivity index (χ4n) is 2.82. The number of esters is 1. The second-order valence-electron chi connectivity index (χ2n) is 5.92. The molecule has 2 N–H and O–H groups in total. The minimum absolute atomic E-state index is 0. The number of carbonyl (C=O) groups excluding carboxylic acids is 2. The Balaban J connectivity index is 0.00000261. The Kier molecular flexibility index (Phi) is 6.98. The summed E-state index contributed by atoms with van der Waals surface area (Å²) in [5.74, 6) is -0.483. The molecule has 0 aliphatic carbocycles. The highest BCUT2D eigenvalue weighted by Gasteiger charge is 2.20. The molecule has 27 heavy (non-hydrogen) atoms. The Labute approximate surface area is 163 Å². The van der Waals surface area contributed by atoms with Gasteiger partial charge in [-0.1, -0.05) is 48.5 Å². The highest BCUT2D eigenvalue weighted by Crippen LogP contribution is 2.23. The highest BCUT2D eigenvalue weighted by atomic mass is 35.5. The first-order chi connectivity index (χ1) is 12.6. The van der Waals surface area contributed by atoms with Crippen molar-refractivity contribution in [2.24, 2.45) is 5.73 Å². The third-order valence-corrected chi connectivity index (χ3v) is 4.13. The van der Waals surface area contributed by atoms with Gasteiger partial charge in [0.1, 0.15) is 12.6 Å². The molecule has 3 rings (SSSR count). The number of nitrogens with two attached hydrogens (primary N) is 1. The van der Waals surface area contributed by atoms with Gasteiger partial charge in [-0.25, -0.2) is 4.79 Å². The van der Waals surface area contributed by atoms with Gasteiger partial charge in [-0.2, -0.15) is 0 Å². The molecule has 2 aromatic carbocycles. The molecule has 0 spiro atoms. The molecule has 0 fully saturated rings. The fourth-order valence-corrected chi connectivity index (χ4v) is 2.82. The molecule has 0 saturated carbocycles. The van der Waals surface area contributed by atoms with Gasteiger partial charge < -0.3 is 15.2 Å². The van der Waals surface area contributed by atoms with E-state index >= 15 is 0 Å². The van der Waals surface area contributed by atoms with Crippen LogP contribution in [-0.2, 0) is 27.3 Å². The maximum absolute atomic E-state index is 12.2. The van der Waals surface area contributed by atoms with Crippen molar-refractivity contribution in [3.05, 3.63) is 71.9 Å². The van der Waals surface area contributed by atoms with E-state index in [1.54, 1.807) is 6.20 Å². The first kappa shape index (κ1) is 20.5. The molecule has 3 aromatic rings. The van der Waals surface area contributed by atoms with Crippen molar-refractivity contribution >= 4 is 35.4 Å². The number of nitrogens with zero attached hydrogens (tertiary/aromatic N) is 1. The van der Waals surface area contributed by atoms with E-state index in [1.807, 2.05) is 54.6 Å². The average molecular weight is 389 g/mol. The topological polar surface area (TPSA) is 83.5 Å². The summed E-state index contributed by atoms with van der Waals surface area (Å²) in [6.07, 6.45) is 1.42. The smallest absolute Gasteiger partial charge is 0.418 e. The summed E-state index contributed by atoms with van der Waals surface area (Å²) < 4.78 is 11.5. The Bertz CT molecular complexity index is 924. The second-order valence-corrected chi connectivity index (χ2v) is 5.92. The summed E-state index contributed by atoms with van der Waals surface area (Å²) in [7, 11) is 1.32. The summed E-state index contributed by atoms with van der Waals surface area (Å²) in [6, 6.07) is 16.0. The van der Waals surface area contributed by atoms with Crippen molar-refractivity contribution in [2.45, 2.75) is 19.1 Å². The Morgan fingerprint density at radius 3 is 2.44 bits per heavy atom. The van der Waals surface area contributed by atoms with Gasteiger partial charge in [0.05, 0.1) is 12.6 Å². The molecule has 0 bridgehead atoms. The molecule has 1 atom stereocenters. The van der Waals surface area contributed by atoms with Crippen molar-refractivity contribution in [2.75, 3.05) is 7.11 Å². The van der Waals surface area contributed by atoms with Gasteiger partial charge in [-0.3, -0.25) is 9.36 Å². The van der Waals surface area contributed by atoms with Crippen LogP contribution >= 0.6 is 12.4 Å². The van der Waals surface area contributed by atoms with Crippen LogP contribution in [0.15, 0.2) is 60.8 Å². The number of fused-ring (bicyclic) bond motifs is 1. The monoisotopic (exact) mass is 388 g/mol. The van der Waals surface area contributed by atoms with Crippen molar-refractivity contribution in [3.63, 3.8) is 0 Å². The minimum Gasteiger partial charge on any atom is -0.460 e. The maximum atomic E-state index is 12.2. The first-order valence-electron chi connectivity index (χ1n) is 8.23. The normalized spacial score (nSPS) is 11.5. The van der Waals surface area contributed by atoms with Crippen LogP contribution in [0.1, 0.15) is 11.1 Å². The molecular weight excluding hydrogens is 368 g/mol. The van der Waals surface area contributed by atoms with Crippen LogP contribution in [-0.4, -0.2) is 29.8 Å². The Morgan fingerprint density at radius 1 is 1.07 bits per heavy atom. The number of hydrogen-bond donors (Lipinski definition) is 1. The van der Waals surface area contributed by atoms with Crippen molar-refractivity contribution in [3.8, 4) is 0 Å². The van der Waals surface area contributed by atoms with Gasteiger partial charge in [0, 0.05) is 18.0 Å². The predicted octanol–water partition coefficient (Wildman–Crippen LogP) is 3.29. The molecule has 0 saturated heterocycles. The van der Waals surface area contributed by atoms with Crippen LogP contribution in [0, 0.1) is 0 Å². The van der Waals surface area contributed by atoms with Gasteiger partial charge >= 0.3 is 12.1 Å². The number of carbonyl (C=O) groups is 2. The van der Waals surface area contributed by atoms with Gasteiger partial charge in [0.15, 0.2) is 0 Å². The standard InChI is InChI=1S/C20H20N2O4.ClH/c1-25-20(24)22-12-15(16-9-5-6-10-18(16)22)11-17(21)19(23)26-13-14-7-3-2-4-8-14;/h2-10,12,17H,11,13,21H2,1H3;1H/t17-;/m1./s1. The van der Waals surface area contributed by atoms with Crippen LogP contribution in [0.4, 0.5) is 4.79 Å². The molecule has 0 radical (unpaired) electrons. The molecule has 6 nitrogen and oxygen atoms in total. The van der Waals surface area contributed by atoms with Crippen molar-refractivity contribution in [1.29, 1.82) is 0 Å². The first-order valence-corrected chi connectivity index (χ1v) is 8.23. The van der Waals surface area contributed by atoms with Gasteiger partial charge in [0.2, 0.25) is 0 Å². The molecule has 0 unspecified atom stereocenters. The van der Waals surface area contributed by atoms with E-state index in [4.69, 9.17) is 15.2 Å². The van der Waals surface area contributed by atoms with Crippen LogP contribution in [0.3, 0.4) is 0 Å². The predicted molar refractivity (Wildman–Crippen MR) is 105 cm³/mol. The van der Waals surface area contributed by atoms with E-state index in [0.29, 0.717) is 5.52 Å². The lowest BCUT2D eigenvalue weighted by molar-refractivity contribution is -0.146. The highest BCUT2D eigenvalue weighted by molar-refractivity contribution is 5.92. The summed E-state index contributed by atoms with van der Waals surface area (Å²) in [5, 5.41) is 0.851. The maximum Gasteiger partial charge on any atom is 0.418 e. The number of benzene rings is 2. The number of hydrogen-bond acceptors (Lipinski definition) is 5. The van der Waals surface area contributed by atoms with E-state index < -0.39 is 18.1 Å². The Hall–Kier alpha value is -2.83. The quantitative estimate of drug-likeness (QED) is 0.678. The number of halogens is 1. The molecule has 7 heteroatoms. The third-order valence-electron chi connectivity index (χ3n) is 4.13. The molecule has 1 aromatic heterocycles. The number of aromatic nitrogens is 1. The molecule has 1 heterocycles. The zero-order valence-corrected chi connectivity index (χ0v) is 15.6. The zero-order chi connectivity index (χ0) is 18.5. The van der Waals surface area contributed by atoms with E-state index in [-0.39, 0.29) is 25.4 Å². The molecule has 0 aliphatic heterocycles. The summed E-state index contributed by atoms with van der Waals surface area (Å²) in [6.45, 7) is 0.178. The van der Waals surface area contributed by atoms with E-state index in [1.165, 1.54) is 11.7 Å². The van der Waals surface area contributed by atoms with Gasteiger partial charge in [0.25, 0.3) is 0 Å². The van der Waals surface area contributed by atoms with Crippen LogP contribution < -0.4 is 5.73 Å². The summed E-state index contributed by atoms with van der Waals surface area (Å²) >= 11 is 0. The fraction of sp³-hybridized carbons (Fsp3) is 0.200. The van der Waals surface area contributed by atoms with E-state index in [9.17, 15) is 9.59 Å². The molecule has 0 aliphatic rings. The third kappa shape index (κ3) is 4.67. The van der Waals surface area contributed by atoms with Crippen molar-refractivity contribution < 1.29 is 19.1 Å². The van der Waals surface area contributed by atoms with Crippen molar-refractivity contribution in [1.82, 2.24) is 4.57 Å². The van der Waals surface area contributed by atoms with Gasteiger partial charge in [-0.05, 0) is 17.2 Å². The average Bonchev–Trinajstić information content (AvgIpc) is 3.05. The number of rotatable bonds is 5. The lowest BCUT2D eigenvalue weighted by Gasteiger charge is -2.11. The second kappa shape index (κ2) is 9.21. The molecule has 142 valence electrons. The number of para-hydroxylation sites is 1. The largest absolute Gasteiger partial charge is 0.460 e. The molecule has 0 amide bonds. The molecular formula is C20H21ClN2O4. The van der Waals surface area contributed by atoms with Crippen LogP contribution in [0.2, 0.25) is 0 Å². The summed E-state index contributed by atoms with van der Waals surface area (Å²) in [4.78, 5) is 24.1. The number of methoxy groups -OCH3 is 1. The lowest BCUT2D eigenvalue weighted by atomic mass is 10.1. The zero-order valence-electron chi connectivity index (χ0n) is 14.8. The van der Waals surface area contributed by atoms with Crippen LogP contribution in [0.25, 0.3) is 10.9 Å². The SMILES string of the molecule is COC(=O)n1cc(C[C@@H](N)C(=O)OCc2ccccc2)c2ccccc21.Cl. The summed E-state index contributed by atoms with van der Waals surface area (Å²) in [5.41, 5.74) is 8.42. The van der Waals surface area contributed by atoms with E-state index in [2.05, 4.69) is 0 Å². The van der Waals surface area contributed by atoms with Crippen LogP contribution in [0.5, 0.6) is 0 Å².